The minimum Gasteiger partial charge on any atom is -0.454 e. The molecule has 166 valence electrons. The van der Waals surface area contributed by atoms with Crippen LogP contribution in [0.1, 0.15) is 44.6 Å². The molecule has 0 N–H and O–H groups in total. The Hall–Kier alpha value is -3.33. The van der Waals surface area contributed by atoms with Crippen LogP contribution in [0.4, 0.5) is 5.69 Å². The topological polar surface area (TPSA) is 107 Å². The molecule has 2 heterocycles. The fourth-order valence-electron chi connectivity index (χ4n) is 3.65. The molecule has 0 saturated carbocycles. The summed E-state index contributed by atoms with van der Waals surface area (Å²) in [5.41, 5.74) is 4.92. The Balaban J connectivity index is 1.46. The number of benzene rings is 2. The highest BCUT2D eigenvalue weighted by Gasteiger charge is 2.28. The molecule has 0 unspecified atom stereocenters. The molecule has 2 aromatic carbocycles. The molecule has 4 rings (SSSR count). The molecule has 32 heavy (non-hydrogen) atoms. The van der Waals surface area contributed by atoms with E-state index in [1.54, 1.807) is 43.3 Å². The maximum Gasteiger partial charge on any atom is 0.338 e. The number of carbonyl (C=O) groups excluding carboxylic acids is 2. The van der Waals surface area contributed by atoms with E-state index in [0.29, 0.717) is 35.2 Å². The van der Waals surface area contributed by atoms with Gasteiger partial charge in [0.1, 0.15) is 0 Å². The van der Waals surface area contributed by atoms with Gasteiger partial charge in [0, 0.05) is 12.1 Å². The molecule has 1 aliphatic heterocycles. The average molecular weight is 454 g/mol. The van der Waals surface area contributed by atoms with E-state index in [1.807, 2.05) is 13.8 Å². The summed E-state index contributed by atoms with van der Waals surface area (Å²) in [6, 6.07) is 9.76. The normalized spacial score (nSPS) is 13.3. The highest BCUT2D eigenvalue weighted by atomic mass is 32.2. The summed E-state index contributed by atoms with van der Waals surface area (Å²) in [4.78, 5) is 33.9. The number of hydrogen-bond donors (Lipinski definition) is 0. The number of Topliss-reactive ketones (excluding diaryl/α,β-unsaturated/α-hetero) is 1. The van der Waals surface area contributed by atoms with Gasteiger partial charge in [-0.1, -0.05) is 0 Å². The SMILES string of the molecule is CCS(=O)(=O)N1CCc2cc(C(=O)COC(=O)c3ccc4nc(C)c(C)nc4c3)ccc21. The molecule has 1 aromatic heterocycles. The lowest BCUT2D eigenvalue weighted by molar-refractivity contribution is 0.0475. The first-order valence-corrected chi connectivity index (χ1v) is 11.9. The van der Waals surface area contributed by atoms with Gasteiger partial charge < -0.3 is 4.74 Å². The van der Waals surface area contributed by atoms with E-state index in [0.717, 1.165) is 17.0 Å². The van der Waals surface area contributed by atoms with E-state index < -0.39 is 22.6 Å². The Kier molecular flexibility index (Phi) is 5.68. The van der Waals surface area contributed by atoms with Crippen LogP contribution in [0.3, 0.4) is 0 Å². The molecule has 8 nitrogen and oxygen atoms in total. The largest absolute Gasteiger partial charge is 0.454 e. The first-order chi connectivity index (χ1) is 15.2. The van der Waals surface area contributed by atoms with Gasteiger partial charge in [-0.2, -0.15) is 0 Å². The van der Waals surface area contributed by atoms with Crippen molar-refractivity contribution in [3.05, 3.63) is 64.5 Å². The van der Waals surface area contributed by atoms with E-state index in [2.05, 4.69) is 9.97 Å². The van der Waals surface area contributed by atoms with Crippen LogP contribution >= 0.6 is 0 Å². The van der Waals surface area contributed by atoms with Gasteiger partial charge in [0.2, 0.25) is 10.0 Å². The molecule has 1 aliphatic rings. The third kappa shape index (κ3) is 4.08. The Labute approximate surface area is 186 Å². The average Bonchev–Trinajstić information content (AvgIpc) is 3.22. The fraction of sp³-hybridized carbons (Fsp3) is 0.304. The van der Waals surface area contributed by atoms with Gasteiger partial charge in [-0.25, -0.2) is 23.2 Å². The van der Waals surface area contributed by atoms with Crippen molar-refractivity contribution in [2.75, 3.05) is 23.2 Å². The molecule has 0 spiro atoms. The fourth-order valence-corrected chi connectivity index (χ4v) is 4.80. The molecule has 0 fully saturated rings. The molecular formula is C23H23N3O5S. The number of rotatable bonds is 6. The zero-order valence-electron chi connectivity index (χ0n) is 18.1. The quantitative estimate of drug-likeness (QED) is 0.417. The van der Waals surface area contributed by atoms with Crippen molar-refractivity contribution >= 4 is 38.5 Å². The summed E-state index contributed by atoms with van der Waals surface area (Å²) < 4.78 is 31.0. The van der Waals surface area contributed by atoms with Gasteiger partial charge in [0.25, 0.3) is 0 Å². The molecule has 0 bridgehead atoms. The number of anilines is 1. The van der Waals surface area contributed by atoms with Crippen LogP contribution in [-0.2, 0) is 21.2 Å². The number of carbonyl (C=O) groups is 2. The first-order valence-electron chi connectivity index (χ1n) is 10.3. The van der Waals surface area contributed by atoms with Crippen molar-refractivity contribution < 1.29 is 22.7 Å². The summed E-state index contributed by atoms with van der Waals surface area (Å²) >= 11 is 0. The van der Waals surface area contributed by atoms with Gasteiger partial charge in [0.15, 0.2) is 12.4 Å². The molecule has 9 heteroatoms. The van der Waals surface area contributed by atoms with Crippen molar-refractivity contribution in [3.63, 3.8) is 0 Å². The number of fused-ring (bicyclic) bond motifs is 2. The van der Waals surface area contributed by atoms with Crippen LogP contribution in [0.15, 0.2) is 36.4 Å². The second-order valence-electron chi connectivity index (χ2n) is 7.66. The number of hydrogen-bond acceptors (Lipinski definition) is 7. The molecule has 0 atom stereocenters. The van der Waals surface area contributed by atoms with Crippen LogP contribution < -0.4 is 4.31 Å². The van der Waals surface area contributed by atoms with E-state index >= 15 is 0 Å². The van der Waals surface area contributed by atoms with Crippen molar-refractivity contribution in [1.82, 2.24) is 9.97 Å². The van der Waals surface area contributed by atoms with Crippen LogP contribution in [-0.4, -0.2) is 49.0 Å². The lowest BCUT2D eigenvalue weighted by Gasteiger charge is -2.18. The summed E-state index contributed by atoms with van der Waals surface area (Å²) in [6.07, 6.45) is 0.534. The minimum atomic E-state index is -3.35. The van der Waals surface area contributed by atoms with E-state index in [4.69, 9.17) is 4.74 Å². The number of ether oxygens (including phenoxy) is 1. The Bertz CT molecular complexity index is 1350. The van der Waals surface area contributed by atoms with Crippen molar-refractivity contribution in [2.45, 2.75) is 27.2 Å². The lowest BCUT2D eigenvalue weighted by atomic mass is 10.1. The summed E-state index contributed by atoms with van der Waals surface area (Å²) in [5, 5.41) is 0. The number of nitrogens with zero attached hydrogens (tertiary/aromatic N) is 3. The predicted octanol–water partition coefficient (Wildman–Crippen LogP) is 3.00. The Morgan fingerprint density at radius 2 is 1.69 bits per heavy atom. The van der Waals surface area contributed by atoms with Crippen LogP contribution in [0.2, 0.25) is 0 Å². The number of esters is 1. The first kappa shape index (κ1) is 21.9. The second-order valence-corrected chi connectivity index (χ2v) is 9.85. The third-order valence-corrected chi connectivity index (χ3v) is 7.38. The van der Waals surface area contributed by atoms with Crippen molar-refractivity contribution in [3.8, 4) is 0 Å². The second kappa shape index (κ2) is 8.31. The highest BCUT2D eigenvalue weighted by molar-refractivity contribution is 7.92. The molecule has 0 amide bonds. The standard InChI is InChI=1S/C23H23N3O5S/c1-4-32(29,30)26-10-9-16-11-17(6-8-21(16)26)22(27)13-31-23(28)18-5-7-19-20(12-18)25-15(3)14(2)24-19/h5-8,11-12H,4,9-10,13H2,1-3H3. The monoisotopic (exact) mass is 453 g/mol. The van der Waals surface area contributed by atoms with E-state index in [9.17, 15) is 18.0 Å². The van der Waals surface area contributed by atoms with Crippen LogP contribution in [0, 0.1) is 13.8 Å². The predicted molar refractivity (Wildman–Crippen MR) is 121 cm³/mol. The molecule has 0 aliphatic carbocycles. The van der Waals surface area contributed by atoms with Gasteiger partial charge in [-0.3, -0.25) is 9.10 Å². The number of aromatic nitrogens is 2. The van der Waals surface area contributed by atoms with Gasteiger partial charge in [-0.05, 0) is 69.2 Å². The van der Waals surface area contributed by atoms with E-state index in [-0.39, 0.29) is 17.1 Å². The van der Waals surface area contributed by atoms with Gasteiger partial charge in [-0.15, -0.1) is 0 Å². The Morgan fingerprint density at radius 1 is 1.00 bits per heavy atom. The van der Waals surface area contributed by atoms with Gasteiger partial charge in [0.05, 0.1) is 39.4 Å². The number of sulfonamides is 1. The lowest BCUT2D eigenvalue weighted by Crippen LogP contribution is -2.30. The number of ketones is 1. The van der Waals surface area contributed by atoms with E-state index in [1.165, 1.54) is 4.31 Å². The summed E-state index contributed by atoms with van der Waals surface area (Å²) in [6.45, 7) is 5.27. The highest BCUT2D eigenvalue weighted by Crippen LogP contribution is 2.31. The maximum atomic E-state index is 12.6. The van der Waals surface area contributed by atoms with Crippen molar-refractivity contribution in [2.24, 2.45) is 0 Å². The Morgan fingerprint density at radius 3 is 2.41 bits per heavy atom. The minimum absolute atomic E-state index is 0.0165. The smallest absolute Gasteiger partial charge is 0.338 e. The molecular weight excluding hydrogens is 430 g/mol. The molecule has 3 aromatic rings. The van der Waals surface area contributed by atoms with Crippen molar-refractivity contribution in [1.29, 1.82) is 0 Å². The molecule has 0 saturated heterocycles. The van der Waals surface area contributed by atoms with Crippen LogP contribution in [0.25, 0.3) is 11.0 Å². The number of aryl methyl sites for hydroxylation is 2. The maximum absolute atomic E-state index is 12.6. The molecule has 0 radical (unpaired) electrons. The summed E-state index contributed by atoms with van der Waals surface area (Å²) in [7, 11) is -3.35. The third-order valence-electron chi connectivity index (χ3n) is 5.60. The zero-order chi connectivity index (χ0) is 23.0. The summed E-state index contributed by atoms with van der Waals surface area (Å²) in [5.74, 6) is -0.963. The van der Waals surface area contributed by atoms with Crippen LogP contribution in [0.5, 0.6) is 0 Å². The van der Waals surface area contributed by atoms with Gasteiger partial charge >= 0.3 is 5.97 Å². The zero-order valence-corrected chi connectivity index (χ0v) is 18.9.